The fourth-order valence-corrected chi connectivity index (χ4v) is 2.65. The summed E-state index contributed by atoms with van der Waals surface area (Å²) in [5.41, 5.74) is 2.46. The zero-order valence-electron chi connectivity index (χ0n) is 10.7. The van der Waals surface area contributed by atoms with Gasteiger partial charge in [-0.2, -0.15) is 4.98 Å². The highest BCUT2D eigenvalue weighted by atomic mass is 35.5. The average Bonchev–Trinajstić information content (AvgIpc) is 2.64. The van der Waals surface area contributed by atoms with E-state index >= 15 is 0 Å². The van der Waals surface area contributed by atoms with Crippen LogP contribution in [0.1, 0.15) is 32.6 Å². The number of hydrogen-bond acceptors (Lipinski definition) is 5. The molecule has 1 fully saturated rings. The van der Waals surface area contributed by atoms with Crippen LogP contribution in [0.3, 0.4) is 0 Å². The molecular weight excluding hydrogens is 250 g/mol. The second-order valence-electron chi connectivity index (χ2n) is 4.70. The number of anilines is 2. The van der Waals surface area contributed by atoms with Gasteiger partial charge in [0.2, 0.25) is 5.95 Å². The molecule has 3 N–H and O–H groups in total. The molecule has 0 bridgehead atoms. The molecule has 0 aliphatic carbocycles. The van der Waals surface area contributed by atoms with Gasteiger partial charge in [0.25, 0.3) is 0 Å². The number of nitrogen functional groups attached to an aromatic ring is 1. The van der Waals surface area contributed by atoms with Crippen molar-refractivity contribution >= 4 is 23.4 Å². The van der Waals surface area contributed by atoms with Gasteiger partial charge in [0.15, 0.2) is 5.82 Å². The highest BCUT2D eigenvalue weighted by Gasteiger charge is 2.19. The zero-order chi connectivity index (χ0) is 13.0. The van der Waals surface area contributed by atoms with Crippen molar-refractivity contribution in [3.8, 4) is 0 Å². The number of nitrogens with zero attached hydrogens (tertiary/aromatic N) is 3. The first-order chi connectivity index (χ1) is 8.74. The van der Waals surface area contributed by atoms with E-state index in [9.17, 15) is 0 Å². The molecule has 5 nitrogen and oxygen atoms in total. The van der Waals surface area contributed by atoms with Crippen molar-refractivity contribution in [1.82, 2.24) is 9.97 Å². The largest absolute Gasteiger partial charge is 0.355 e. The van der Waals surface area contributed by atoms with E-state index in [4.69, 9.17) is 17.4 Å². The van der Waals surface area contributed by atoms with Crippen molar-refractivity contribution in [3.63, 3.8) is 0 Å². The Balaban J connectivity index is 2.15. The Bertz CT molecular complexity index is 398. The predicted octanol–water partition coefficient (Wildman–Crippen LogP) is 2.43. The molecule has 2 rings (SSSR count). The quantitative estimate of drug-likeness (QED) is 0.652. The lowest BCUT2D eigenvalue weighted by atomic mass is 9.98. The monoisotopic (exact) mass is 269 g/mol. The molecule has 1 aliphatic rings. The Morgan fingerprint density at radius 1 is 1.50 bits per heavy atom. The minimum absolute atomic E-state index is 0.408. The van der Waals surface area contributed by atoms with Crippen LogP contribution < -0.4 is 16.2 Å². The van der Waals surface area contributed by atoms with Gasteiger partial charge >= 0.3 is 0 Å². The van der Waals surface area contributed by atoms with Crippen molar-refractivity contribution in [2.45, 2.75) is 32.6 Å². The number of hydrogen-bond donors (Lipinski definition) is 2. The van der Waals surface area contributed by atoms with E-state index in [0.29, 0.717) is 11.0 Å². The smallest absolute Gasteiger partial charge is 0.239 e. The summed E-state index contributed by atoms with van der Waals surface area (Å²) >= 11 is 6.17. The Morgan fingerprint density at radius 2 is 2.33 bits per heavy atom. The molecule has 100 valence electrons. The maximum atomic E-state index is 6.17. The van der Waals surface area contributed by atoms with Gasteiger partial charge in [-0.15, -0.1) is 0 Å². The number of nitrogens with one attached hydrogen (secondary N) is 1. The fourth-order valence-electron chi connectivity index (χ4n) is 2.43. The second kappa shape index (κ2) is 6.20. The second-order valence-corrected chi connectivity index (χ2v) is 5.11. The highest BCUT2D eigenvalue weighted by molar-refractivity contribution is 6.32. The van der Waals surface area contributed by atoms with E-state index in [1.165, 1.54) is 25.7 Å². The van der Waals surface area contributed by atoms with Gasteiger partial charge < -0.3 is 4.90 Å². The number of nitrogens with two attached hydrogens (primary N) is 1. The van der Waals surface area contributed by atoms with Crippen molar-refractivity contribution in [3.05, 3.63) is 11.2 Å². The van der Waals surface area contributed by atoms with Crippen LogP contribution in [-0.4, -0.2) is 23.1 Å². The molecule has 1 saturated heterocycles. The van der Waals surface area contributed by atoms with Crippen LogP contribution in [0.4, 0.5) is 11.8 Å². The maximum absolute atomic E-state index is 6.17. The van der Waals surface area contributed by atoms with Crippen LogP contribution in [0.2, 0.25) is 5.02 Å². The summed E-state index contributed by atoms with van der Waals surface area (Å²) < 4.78 is 0. The van der Waals surface area contributed by atoms with Crippen LogP contribution in [-0.2, 0) is 0 Å². The van der Waals surface area contributed by atoms with Gasteiger partial charge in [-0.25, -0.2) is 10.8 Å². The summed E-state index contributed by atoms with van der Waals surface area (Å²) in [4.78, 5) is 10.6. The van der Waals surface area contributed by atoms with E-state index in [2.05, 4.69) is 27.2 Å². The summed E-state index contributed by atoms with van der Waals surface area (Å²) in [5.74, 6) is 7.35. The molecular formula is C12H20ClN5. The summed E-state index contributed by atoms with van der Waals surface area (Å²) in [5, 5.41) is 0.587. The average molecular weight is 270 g/mol. The van der Waals surface area contributed by atoms with E-state index in [0.717, 1.165) is 24.8 Å². The molecule has 1 atom stereocenters. The first kappa shape index (κ1) is 13.4. The summed E-state index contributed by atoms with van der Waals surface area (Å²) in [7, 11) is 0. The van der Waals surface area contributed by atoms with Crippen LogP contribution in [0, 0.1) is 5.92 Å². The van der Waals surface area contributed by atoms with Crippen molar-refractivity contribution in [2.24, 2.45) is 11.8 Å². The van der Waals surface area contributed by atoms with Crippen LogP contribution in [0.5, 0.6) is 0 Å². The van der Waals surface area contributed by atoms with E-state index in [-0.39, 0.29) is 0 Å². The number of rotatable bonds is 3. The normalized spacial score (nSPS) is 20.6. The number of hydrazine groups is 1. The lowest BCUT2D eigenvalue weighted by Gasteiger charge is -2.22. The SMILES string of the molecule is CCC1CCCN(c2nc(NN)ncc2Cl)CC1. The van der Waals surface area contributed by atoms with Gasteiger partial charge in [-0.1, -0.05) is 24.9 Å². The minimum Gasteiger partial charge on any atom is -0.355 e. The van der Waals surface area contributed by atoms with Crippen LogP contribution >= 0.6 is 11.6 Å². The highest BCUT2D eigenvalue weighted by Crippen LogP contribution is 2.28. The summed E-state index contributed by atoms with van der Waals surface area (Å²) in [6.07, 6.45) is 6.52. The number of aromatic nitrogens is 2. The van der Waals surface area contributed by atoms with Gasteiger partial charge in [0.05, 0.1) is 6.20 Å². The molecule has 6 heteroatoms. The fraction of sp³-hybridized carbons (Fsp3) is 0.667. The number of halogens is 1. The molecule has 18 heavy (non-hydrogen) atoms. The van der Waals surface area contributed by atoms with E-state index in [1.54, 1.807) is 6.20 Å². The third-order valence-electron chi connectivity index (χ3n) is 3.58. The van der Waals surface area contributed by atoms with Gasteiger partial charge in [-0.3, -0.25) is 5.43 Å². The standard InChI is InChI=1S/C12H20ClN5/c1-2-9-4-3-6-18(7-5-9)11-10(13)8-15-12(16-11)17-14/h8-9H,2-7,14H2,1H3,(H,15,16,17). The Labute approximate surface area is 113 Å². The molecule has 1 aromatic rings. The molecule has 0 aromatic carbocycles. The lowest BCUT2D eigenvalue weighted by molar-refractivity contribution is 0.459. The van der Waals surface area contributed by atoms with Crippen molar-refractivity contribution < 1.29 is 0 Å². The molecule has 2 heterocycles. The molecule has 1 aliphatic heterocycles. The van der Waals surface area contributed by atoms with Crippen LogP contribution in [0.25, 0.3) is 0 Å². The summed E-state index contributed by atoms with van der Waals surface area (Å²) in [6.45, 7) is 4.25. The van der Waals surface area contributed by atoms with Gasteiger partial charge in [-0.05, 0) is 25.2 Å². The first-order valence-corrected chi connectivity index (χ1v) is 6.86. The van der Waals surface area contributed by atoms with Gasteiger partial charge in [0, 0.05) is 13.1 Å². The minimum atomic E-state index is 0.408. The topological polar surface area (TPSA) is 67.1 Å². The van der Waals surface area contributed by atoms with Crippen molar-refractivity contribution in [1.29, 1.82) is 0 Å². The Morgan fingerprint density at radius 3 is 3.06 bits per heavy atom. The van der Waals surface area contributed by atoms with Crippen molar-refractivity contribution in [2.75, 3.05) is 23.4 Å². The molecule has 0 saturated carbocycles. The first-order valence-electron chi connectivity index (χ1n) is 6.48. The molecule has 1 unspecified atom stereocenters. The molecule has 1 aromatic heterocycles. The third-order valence-corrected chi connectivity index (χ3v) is 3.85. The molecule has 0 spiro atoms. The molecule has 0 amide bonds. The Kier molecular flexibility index (Phi) is 4.60. The molecule has 0 radical (unpaired) electrons. The maximum Gasteiger partial charge on any atom is 0.239 e. The third kappa shape index (κ3) is 3.03. The van der Waals surface area contributed by atoms with Crippen LogP contribution in [0.15, 0.2) is 6.20 Å². The Hall–Kier alpha value is -1.07. The van der Waals surface area contributed by atoms with E-state index in [1.807, 2.05) is 0 Å². The summed E-state index contributed by atoms with van der Waals surface area (Å²) in [6, 6.07) is 0. The lowest BCUT2D eigenvalue weighted by Crippen LogP contribution is -2.26. The van der Waals surface area contributed by atoms with E-state index < -0.39 is 0 Å². The zero-order valence-corrected chi connectivity index (χ0v) is 11.5. The predicted molar refractivity (Wildman–Crippen MR) is 74.7 cm³/mol. The van der Waals surface area contributed by atoms with Gasteiger partial charge in [0.1, 0.15) is 5.02 Å².